The molecule has 142 valence electrons. The Labute approximate surface area is 162 Å². The average molecular weight is 378 g/mol. The van der Waals surface area contributed by atoms with E-state index in [1.807, 2.05) is 24.4 Å². The van der Waals surface area contributed by atoms with Gasteiger partial charge in [0, 0.05) is 25.3 Å². The lowest BCUT2D eigenvalue weighted by molar-refractivity contribution is 0.162. The number of benzene rings is 1. The molecule has 2 atom stereocenters. The quantitative estimate of drug-likeness (QED) is 0.809. The molecule has 3 nitrogen and oxygen atoms in total. The monoisotopic (exact) mass is 377 g/mol. The minimum atomic E-state index is -0.170. The van der Waals surface area contributed by atoms with E-state index in [4.69, 9.17) is 0 Å². The Bertz CT molecular complexity index is 627. The predicted octanol–water partition coefficient (Wildman–Crippen LogP) is 4.39. The minimum Gasteiger partial charge on any atom is -0.317 e. The standard InChI is InChI=1S/C21H28FN3.ClH/c1-17(18-7-9-19(22)10-8-18)15-25(16-20-5-2-3-13-24-20)21-6-4-12-23-14-11-21;/h2-3,5,7-10,13,17,21,23H,4,6,11-12,14-16H2,1H3;1H. The number of aromatic nitrogens is 1. The Morgan fingerprint density at radius 1 is 1.15 bits per heavy atom. The van der Waals surface area contributed by atoms with Crippen molar-refractivity contribution in [3.8, 4) is 0 Å². The summed E-state index contributed by atoms with van der Waals surface area (Å²) in [5.74, 6) is 0.191. The van der Waals surface area contributed by atoms with Crippen LogP contribution in [0.2, 0.25) is 0 Å². The van der Waals surface area contributed by atoms with E-state index in [0.717, 1.165) is 31.9 Å². The van der Waals surface area contributed by atoms with Crippen molar-refractivity contribution >= 4 is 12.4 Å². The van der Waals surface area contributed by atoms with Crippen LogP contribution in [0.3, 0.4) is 0 Å². The molecule has 0 bridgehead atoms. The van der Waals surface area contributed by atoms with Crippen molar-refractivity contribution in [2.75, 3.05) is 19.6 Å². The highest BCUT2D eigenvalue weighted by Crippen LogP contribution is 2.23. The first kappa shape index (κ1) is 20.8. The van der Waals surface area contributed by atoms with Gasteiger partial charge < -0.3 is 5.32 Å². The van der Waals surface area contributed by atoms with Crippen LogP contribution < -0.4 is 5.32 Å². The molecule has 5 heteroatoms. The largest absolute Gasteiger partial charge is 0.317 e. The second-order valence-electron chi connectivity index (χ2n) is 7.04. The number of nitrogens with one attached hydrogen (secondary N) is 1. The van der Waals surface area contributed by atoms with E-state index in [1.165, 1.54) is 24.8 Å². The van der Waals surface area contributed by atoms with Crippen molar-refractivity contribution in [3.63, 3.8) is 0 Å². The van der Waals surface area contributed by atoms with Crippen LogP contribution in [0.4, 0.5) is 4.39 Å². The van der Waals surface area contributed by atoms with E-state index in [9.17, 15) is 4.39 Å². The van der Waals surface area contributed by atoms with Crippen LogP contribution in [0.25, 0.3) is 0 Å². The minimum absolute atomic E-state index is 0. The first-order valence-electron chi connectivity index (χ1n) is 9.32. The summed E-state index contributed by atoms with van der Waals surface area (Å²) in [6, 6.07) is 13.6. The van der Waals surface area contributed by atoms with Crippen molar-refractivity contribution in [2.45, 2.75) is 44.7 Å². The maximum atomic E-state index is 13.2. The molecule has 1 aromatic heterocycles. The Morgan fingerprint density at radius 2 is 1.96 bits per heavy atom. The van der Waals surface area contributed by atoms with Crippen LogP contribution in [0.1, 0.15) is 43.4 Å². The van der Waals surface area contributed by atoms with Crippen molar-refractivity contribution in [3.05, 3.63) is 65.7 Å². The van der Waals surface area contributed by atoms with Crippen LogP contribution in [0, 0.1) is 5.82 Å². The summed E-state index contributed by atoms with van der Waals surface area (Å²) in [6.07, 6.45) is 5.47. The second kappa shape index (κ2) is 10.6. The molecule has 1 N–H and O–H groups in total. The van der Waals surface area contributed by atoms with Crippen molar-refractivity contribution in [2.24, 2.45) is 0 Å². The van der Waals surface area contributed by atoms with Crippen LogP contribution in [-0.2, 0) is 6.54 Å². The molecule has 2 heterocycles. The zero-order chi connectivity index (χ0) is 17.5. The van der Waals surface area contributed by atoms with E-state index in [1.54, 1.807) is 12.1 Å². The zero-order valence-electron chi connectivity index (χ0n) is 15.4. The number of pyridine rings is 1. The molecule has 0 radical (unpaired) electrons. The van der Waals surface area contributed by atoms with E-state index in [2.05, 4.69) is 34.3 Å². The molecule has 1 aliphatic rings. The molecule has 2 unspecified atom stereocenters. The lowest BCUT2D eigenvalue weighted by atomic mass is 9.98. The average Bonchev–Trinajstić information content (AvgIpc) is 2.92. The van der Waals surface area contributed by atoms with Crippen LogP contribution in [0.15, 0.2) is 48.7 Å². The lowest BCUT2D eigenvalue weighted by Crippen LogP contribution is -2.38. The van der Waals surface area contributed by atoms with Gasteiger partial charge in [-0.15, -0.1) is 12.4 Å². The first-order chi connectivity index (χ1) is 12.2. The molecule has 1 saturated heterocycles. The molecule has 0 saturated carbocycles. The third kappa shape index (κ3) is 6.04. The van der Waals surface area contributed by atoms with E-state index < -0.39 is 0 Å². The number of halogens is 2. The van der Waals surface area contributed by atoms with Gasteiger partial charge in [-0.3, -0.25) is 9.88 Å². The molecular formula is C21H29ClFN3. The smallest absolute Gasteiger partial charge is 0.123 e. The summed E-state index contributed by atoms with van der Waals surface area (Å²) < 4.78 is 13.2. The first-order valence-corrected chi connectivity index (χ1v) is 9.32. The molecule has 1 aromatic carbocycles. The maximum Gasteiger partial charge on any atom is 0.123 e. The van der Waals surface area contributed by atoms with Gasteiger partial charge in [-0.2, -0.15) is 0 Å². The second-order valence-corrected chi connectivity index (χ2v) is 7.04. The molecule has 26 heavy (non-hydrogen) atoms. The Morgan fingerprint density at radius 3 is 2.69 bits per heavy atom. The molecule has 0 spiro atoms. The SMILES string of the molecule is CC(CN(Cc1ccccn1)C1CCCNCC1)c1ccc(F)cc1.Cl. The third-order valence-electron chi connectivity index (χ3n) is 5.10. The van der Waals surface area contributed by atoms with Crippen molar-refractivity contribution in [1.82, 2.24) is 15.2 Å². The van der Waals surface area contributed by atoms with Gasteiger partial charge in [0.05, 0.1) is 5.69 Å². The van der Waals surface area contributed by atoms with E-state index >= 15 is 0 Å². The third-order valence-corrected chi connectivity index (χ3v) is 5.10. The molecule has 1 aliphatic heterocycles. The van der Waals surface area contributed by atoms with Crippen molar-refractivity contribution < 1.29 is 4.39 Å². The Balaban J connectivity index is 0.00000243. The number of hydrogen-bond donors (Lipinski definition) is 1. The van der Waals surface area contributed by atoms with Gasteiger partial charge in [-0.05, 0) is 68.1 Å². The molecular weight excluding hydrogens is 349 g/mol. The summed E-state index contributed by atoms with van der Waals surface area (Å²) in [4.78, 5) is 7.09. The molecule has 2 aromatic rings. The number of hydrogen-bond acceptors (Lipinski definition) is 3. The predicted molar refractivity (Wildman–Crippen MR) is 107 cm³/mol. The van der Waals surface area contributed by atoms with E-state index in [0.29, 0.717) is 12.0 Å². The molecule has 0 aliphatic carbocycles. The van der Waals surface area contributed by atoms with Gasteiger partial charge in [-0.25, -0.2) is 4.39 Å². The Kier molecular flexibility index (Phi) is 8.49. The fourth-order valence-corrected chi connectivity index (χ4v) is 3.66. The number of nitrogens with zero attached hydrogens (tertiary/aromatic N) is 2. The van der Waals surface area contributed by atoms with Gasteiger partial charge >= 0.3 is 0 Å². The fourth-order valence-electron chi connectivity index (χ4n) is 3.66. The zero-order valence-corrected chi connectivity index (χ0v) is 16.2. The summed E-state index contributed by atoms with van der Waals surface area (Å²) in [6.45, 7) is 6.26. The molecule has 0 amide bonds. The summed E-state index contributed by atoms with van der Waals surface area (Å²) >= 11 is 0. The van der Waals surface area contributed by atoms with Gasteiger partial charge in [0.25, 0.3) is 0 Å². The van der Waals surface area contributed by atoms with E-state index in [-0.39, 0.29) is 18.2 Å². The molecule has 3 rings (SSSR count). The van der Waals surface area contributed by atoms with Crippen LogP contribution in [-0.4, -0.2) is 35.6 Å². The van der Waals surface area contributed by atoms with Crippen LogP contribution >= 0.6 is 12.4 Å². The summed E-state index contributed by atoms with van der Waals surface area (Å²) in [5, 5.41) is 3.50. The lowest BCUT2D eigenvalue weighted by Gasteiger charge is -2.33. The van der Waals surface area contributed by atoms with Gasteiger partial charge in [0.2, 0.25) is 0 Å². The van der Waals surface area contributed by atoms with Gasteiger partial charge in [0.15, 0.2) is 0 Å². The fraction of sp³-hybridized carbons (Fsp3) is 0.476. The Hall–Kier alpha value is -1.49. The summed E-state index contributed by atoms with van der Waals surface area (Å²) in [5.41, 5.74) is 2.31. The highest BCUT2D eigenvalue weighted by atomic mass is 35.5. The highest BCUT2D eigenvalue weighted by Gasteiger charge is 2.22. The van der Waals surface area contributed by atoms with Crippen molar-refractivity contribution in [1.29, 1.82) is 0 Å². The van der Waals surface area contributed by atoms with Gasteiger partial charge in [0.1, 0.15) is 5.82 Å². The summed E-state index contributed by atoms with van der Waals surface area (Å²) in [7, 11) is 0. The maximum absolute atomic E-state index is 13.2. The van der Waals surface area contributed by atoms with Crippen LogP contribution in [0.5, 0.6) is 0 Å². The normalized spacial score (nSPS) is 18.8. The van der Waals surface area contributed by atoms with Gasteiger partial charge in [-0.1, -0.05) is 25.1 Å². The highest BCUT2D eigenvalue weighted by molar-refractivity contribution is 5.85. The number of rotatable bonds is 6. The topological polar surface area (TPSA) is 28.2 Å². The molecule has 1 fully saturated rings.